The Hall–Kier alpha value is -1.53. The summed E-state index contributed by atoms with van der Waals surface area (Å²) in [5, 5.41) is 2.65. The van der Waals surface area contributed by atoms with E-state index in [2.05, 4.69) is 26.2 Å². The Morgan fingerprint density at radius 1 is 1.35 bits per heavy atom. The van der Waals surface area contributed by atoms with E-state index in [1.165, 1.54) is 0 Å². The molecular formula is C14H16BrN3O2. The van der Waals surface area contributed by atoms with E-state index >= 15 is 0 Å². The van der Waals surface area contributed by atoms with Gasteiger partial charge in [0.15, 0.2) is 0 Å². The fourth-order valence-corrected chi connectivity index (χ4v) is 2.39. The van der Waals surface area contributed by atoms with Crippen molar-refractivity contribution in [1.82, 2.24) is 5.32 Å². The van der Waals surface area contributed by atoms with Crippen LogP contribution in [0.3, 0.4) is 0 Å². The summed E-state index contributed by atoms with van der Waals surface area (Å²) in [6.07, 6.45) is 0. The first kappa shape index (κ1) is 14.9. The van der Waals surface area contributed by atoms with E-state index in [1.807, 2.05) is 19.9 Å². The first-order chi connectivity index (χ1) is 9.40. The fraction of sp³-hybridized carbons (Fsp3) is 0.357. The van der Waals surface area contributed by atoms with Gasteiger partial charge >= 0.3 is 0 Å². The predicted octanol–water partition coefficient (Wildman–Crippen LogP) is 1.57. The lowest BCUT2D eigenvalue weighted by Crippen LogP contribution is -2.52. The highest BCUT2D eigenvalue weighted by atomic mass is 79.9. The van der Waals surface area contributed by atoms with E-state index in [0.29, 0.717) is 5.56 Å². The summed E-state index contributed by atoms with van der Waals surface area (Å²) in [5.41, 5.74) is 6.53. The number of carbonyl (C=O) groups is 2. The smallest absolute Gasteiger partial charge is 0.264 e. The van der Waals surface area contributed by atoms with Crippen molar-refractivity contribution in [1.29, 1.82) is 0 Å². The number of nitrogens with two attached hydrogens (primary N) is 1. The number of amidine groups is 1. The second-order valence-corrected chi connectivity index (χ2v) is 6.00. The molecule has 0 bridgehead atoms. The van der Waals surface area contributed by atoms with Gasteiger partial charge in [-0.3, -0.25) is 9.59 Å². The maximum Gasteiger partial charge on any atom is 0.264 e. The Balaban J connectivity index is 2.32. The largest absolute Gasteiger partial charge is 0.321 e. The molecule has 2 atom stereocenters. The van der Waals surface area contributed by atoms with E-state index in [-0.39, 0.29) is 17.7 Å². The molecule has 0 spiro atoms. The summed E-state index contributed by atoms with van der Waals surface area (Å²) in [6.45, 7) is 3.81. The number of nitrogens with zero attached hydrogens (tertiary/aromatic N) is 1. The minimum absolute atomic E-state index is 0.0873. The number of benzene rings is 1. The minimum Gasteiger partial charge on any atom is -0.321 e. The highest BCUT2D eigenvalue weighted by molar-refractivity contribution is 9.10. The number of rotatable bonds is 3. The van der Waals surface area contributed by atoms with Gasteiger partial charge in [-0.05, 0) is 23.6 Å². The van der Waals surface area contributed by atoms with E-state index < -0.39 is 17.9 Å². The second-order valence-electron chi connectivity index (χ2n) is 5.08. The molecule has 2 amide bonds. The Morgan fingerprint density at radius 3 is 2.60 bits per heavy atom. The maximum absolute atomic E-state index is 12.2. The number of carbonyl (C=O) groups excluding carboxylic acids is 2. The zero-order valence-corrected chi connectivity index (χ0v) is 12.8. The van der Waals surface area contributed by atoms with E-state index in [0.717, 1.165) is 4.47 Å². The highest BCUT2D eigenvalue weighted by Gasteiger charge is 2.35. The average Bonchev–Trinajstić information content (AvgIpc) is 2.36. The third kappa shape index (κ3) is 2.96. The molecule has 1 aliphatic heterocycles. The minimum atomic E-state index is -0.907. The van der Waals surface area contributed by atoms with Crippen LogP contribution in [-0.2, 0) is 9.59 Å². The summed E-state index contributed by atoms with van der Waals surface area (Å²) in [4.78, 5) is 28.3. The fourth-order valence-electron chi connectivity index (χ4n) is 1.98. The molecule has 2 unspecified atom stereocenters. The van der Waals surface area contributed by atoms with Crippen LogP contribution in [0.1, 0.15) is 25.3 Å². The van der Waals surface area contributed by atoms with Gasteiger partial charge in [-0.2, -0.15) is 4.99 Å². The monoisotopic (exact) mass is 337 g/mol. The summed E-state index contributed by atoms with van der Waals surface area (Å²) in [6, 6.07) is 6.63. The molecule has 1 aromatic carbocycles. The molecule has 0 radical (unpaired) electrons. The van der Waals surface area contributed by atoms with Gasteiger partial charge in [-0.15, -0.1) is 0 Å². The first-order valence-electron chi connectivity index (χ1n) is 6.34. The van der Waals surface area contributed by atoms with Gasteiger partial charge in [0.05, 0.1) is 6.04 Å². The number of halogens is 1. The van der Waals surface area contributed by atoms with Gasteiger partial charge in [0, 0.05) is 4.47 Å². The third-order valence-electron chi connectivity index (χ3n) is 3.21. The third-order valence-corrected chi connectivity index (χ3v) is 3.70. The Kier molecular flexibility index (Phi) is 4.35. The summed E-state index contributed by atoms with van der Waals surface area (Å²) < 4.78 is 0.809. The summed E-state index contributed by atoms with van der Waals surface area (Å²) >= 11 is 3.32. The molecule has 0 saturated heterocycles. The Labute approximate surface area is 125 Å². The lowest BCUT2D eigenvalue weighted by atomic mass is 9.94. The number of amides is 2. The van der Waals surface area contributed by atoms with Crippen molar-refractivity contribution in [3.05, 3.63) is 34.3 Å². The van der Waals surface area contributed by atoms with Crippen molar-refractivity contribution in [2.24, 2.45) is 16.6 Å². The van der Waals surface area contributed by atoms with Crippen LogP contribution >= 0.6 is 15.9 Å². The SMILES string of the molecule is CC(C)C(N)C1=NC(=O)C(c2cccc(Br)c2)C(=O)N1. The van der Waals surface area contributed by atoms with E-state index in [4.69, 9.17) is 5.73 Å². The molecule has 1 aromatic rings. The molecule has 1 aliphatic rings. The van der Waals surface area contributed by atoms with Crippen LogP contribution in [0.2, 0.25) is 0 Å². The average molecular weight is 338 g/mol. The molecule has 0 aromatic heterocycles. The van der Waals surface area contributed by atoms with Crippen LogP contribution in [0.5, 0.6) is 0 Å². The molecular weight excluding hydrogens is 322 g/mol. The second kappa shape index (κ2) is 5.85. The number of aliphatic imine (C=N–C) groups is 1. The Bertz CT molecular complexity index is 584. The molecule has 1 heterocycles. The van der Waals surface area contributed by atoms with Gasteiger partial charge in [-0.25, -0.2) is 0 Å². The van der Waals surface area contributed by atoms with Crippen LogP contribution in [0.4, 0.5) is 0 Å². The zero-order valence-electron chi connectivity index (χ0n) is 11.3. The van der Waals surface area contributed by atoms with Crippen molar-refractivity contribution in [3.8, 4) is 0 Å². The first-order valence-corrected chi connectivity index (χ1v) is 7.13. The van der Waals surface area contributed by atoms with Gasteiger partial charge in [0.2, 0.25) is 5.91 Å². The van der Waals surface area contributed by atoms with Crippen LogP contribution in [0, 0.1) is 5.92 Å². The quantitative estimate of drug-likeness (QED) is 0.821. The number of hydrogen-bond donors (Lipinski definition) is 2. The lowest BCUT2D eigenvalue weighted by Gasteiger charge is -2.25. The van der Waals surface area contributed by atoms with Gasteiger partial charge < -0.3 is 11.1 Å². The van der Waals surface area contributed by atoms with Crippen molar-refractivity contribution in [3.63, 3.8) is 0 Å². The highest BCUT2D eigenvalue weighted by Crippen LogP contribution is 2.24. The van der Waals surface area contributed by atoms with Gasteiger partial charge in [0.1, 0.15) is 11.8 Å². The Morgan fingerprint density at radius 2 is 2.05 bits per heavy atom. The van der Waals surface area contributed by atoms with E-state index in [9.17, 15) is 9.59 Å². The molecule has 5 nitrogen and oxygen atoms in total. The van der Waals surface area contributed by atoms with Crippen molar-refractivity contribution >= 4 is 33.6 Å². The molecule has 20 heavy (non-hydrogen) atoms. The molecule has 2 rings (SSSR count). The van der Waals surface area contributed by atoms with Gasteiger partial charge in [-0.1, -0.05) is 41.9 Å². The maximum atomic E-state index is 12.2. The normalized spacial score (nSPS) is 20.6. The van der Waals surface area contributed by atoms with Crippen molar-refractivity contribution < 1.29 is 9.59 Å². The van der Waals surface area contributed by atoms with E-state index in [1.54, 1.807) is 18.2 Å². The van der Waals surface area contributed by atoms with Crippen molar-refractivity contribution in [2.45, 2.75) is 25.8 Å². The summed E-state index contributed by atoms with van der Waals surface area (Å²) in [7, 11) is 0. The topological polar surface area (TPSA) is 84.5 Å². The molecule has 0 aliphatic carbocycles. The van der Waals surface area contributed by atoms with Crippen LogP contribution in [0.15, 0.2) is 33.7 Å². The number of nitrogens with one attached hydrogen (secondary N) is 1. The standard InChI is InChI=1S/C14H16BrN3O2/c1-7(2)11(16)12-17-13(19)10(14(20)18-12)8-4-3-5-9(15)6-8/h3-7,10-11H,16H2,1-2H3,(H,17,18,19,20). The predicted molar refractivity (Wildman–Crippen MR) is 80.3 cm³/mol. The molecule has 106 valence electrons. The molecule has 6 heteroatoms. The lowest BCUT2D eigenvalue weighted by molar-refractivity contribution is -0.129. The number of hydrogen-bond acceptors (Lipinski definition) is 3. The van der Waals surface area contributed by atoms with Gasteiger partial charge in [0.25, 0.3) is 5.91 Å². The molecule has 0 fully saturated rings. The van der Waals surface area contributed by atoms with Crippen LogP contribution in [-0.4, -0.2) is 23.7 Å². The molecule has 3 N–H and O–H groups in total. The molecule has 0 saturated carbocycles. The van der Waals surface area contributed by atoms with Crippen LogP contribution < -0.4 is 11.1 Å². The zero-order chi connectivity index (χ0) is 14.9. The summed E-state index contributed by atoms with van der Waals surface area (Å²) in [5.74, 6) is -1.42. The van der Waals surface area contributed by atoms with Crippen molar-refractivity contribution in [2.75, 3.05) is 0 Å². The van der Waals surface area contributed by atoms with Crippen LogP contribution in [0.25, 0.3) is 0 Å².